The van der Waals surface area contributed by atoms with Crippen molar-refractivity contribution in [2.45, 2.75) is 18.7 Å². The maximum absolute atomic E-state index is 12.6. The first kappa shape index (κ1) is 20.0. The number of rotatable bonds is 8. The van der Waals surface area contributed by atoms with E-state index < -0.39 is 0 Å². The molecule has 0 radical (unpaired) electrons. The lowest BCUT2D eigenvalue weighted by Gasteiger charge is -2.19. The number of nitrogens with zero attached hydrogens (tertiary/aromatic N) is 2. The quantitative estimate of drug-likeness (QED) is 0.629. The number of imidazole rings is 1. The van der Waals surface area contributed by atoms with Gasteiger partial charge in [0.15, 0.2) is 0 Å². The fraction of sp³-hybridized carbons (Fsp3) is 0.273. The largest absolute Gasteiger partial charge is 0.497 e. The van der Waals surface area contributed by atoms with Crippen molar-refractivity contribution in [1.29, 1.82) is 0 Å². The lowest BCUT2D eigenvalue weighted by atomic mass is 10.1. The second-order valence-electron chi connectivity index (χ2n) is 6.65. The maximum atomic E-state index is 12.6. The molecule has 0 saturated heterocycles. The summed E-state index contributed by atoms with van der Waals surface area (Å²) in [5, 5.41) is 3.13. The first-order valence-electron chi connectivity index (χ1n) is 9.10. The van der Waals surface area contributed by atoms with Crippen LogP contribution >= 0.6 is 11.8 Å². The van der Waals surface area contributed by atoms with Crippen LogP contribution in [0.25, 0.3) is 0 Å². The molecule has 0 aliphatic carbocycles. The first-order chi connectivity index (χ1) is 13.6. The summed E-state index contributed by atoms with van der Waals surface area (Å²) in [6.07, 6.45) is 3.62. The minimum absolute atomic E-state index is 0.0125. The lowest BCUT2D eigenvalue weighted by Crippen LogP contribution is -2.32. The molecule has 1 aromatic heterocycles. The first-order valence-corrected chi connectivity index (χ1v) is 10.3. The zero-order valence-corrected chi connectivity index (χ0v) is 17.2. The molecule has 1 amide bonds. The number of ether oxygens (including phenoxy) is 1. The van der Waals surface area contributed by atoms with Crippen LogP contribution in [0.3, 0.4) is 0 Å². The molecule has 1 atom stereocenters. The van der Waals surface area contributed by atoms with Gasteiger partial charge in [0.05, 0.1) is 12.9 Å². The predicted molar refractivity (Wildman–Crippen MR) is 114 cm³/mol. The molecule has 0 saturated carbocycles. The normalized spacial score (nSPS) is 11.8. The smallest absolute Gasteiger partial charge is 0.230 e. The van der Waals surface area contributed by atoms with E-state index in [2.05, 4.69) is 35.4 Å². The summed E-state index contributed by atoms with van der Waals surface area (Å²) < 4.78 is 7.16. The number of amides is 1. The summed E-state index contributed by atoms with van der Waals surface area (Å²) in [6.45, 7) is 2.08. The van der Waals surface area contributed by atoms with Crippen LogP contribution < -0.4 is 10.1 Å². The third-order valence-electron chi connectivity index (χ3n) is 4.46. The molecule has 1 N–H and O–H groups in total. The molecule has 3 rings (SSSR count). The Morgan fingerprint density at radius 3 is 2.68 bits per heavy atom. The van der Waals surface area contributed by atoms with E-state index in [0.29, 0.717) is 5.75 Å². The predicted octanol–water partition coefficient (Wildman–Crippen LogP) is 3.88. The van der Waals surface area contributed by atoms with Gasteiger partial charge in [-0.05, 0) is 30.2 Å². The van der Waals surface area contributed by atoms with Gasteiger partial charge < -0.3 is 14.6 Å². The van der Waals surface area contributed by atoms with E-state index in [1.807, 2.05) is 48.1 Å². The van der Waals surface area contributed by atoms with E-state index >= 15 is 0 Å². The van der Waals surface area contributed by atoms with Gasteiger partial charge in [0, 0.05) is 25.2 Å². The summed E-state index contributed by atoms with van der Waals surface area (Å²) >= 11 is 1.61. The Hall–Kier alpha value is -2.73. The van der Waals surface area contributed by atoms with Crippen molar-refractivity contribution in [2.75, 3.05) is 12.9 Å². The van der Waals surface area contributed by atoms with Crippen LogP contribution in [0.15, 0.2) is 60.9 Å². The van der Waals surface area contributed by atoms with Gasteiger partial charge in [0.1, 0.15) is 17.6 Å². The van der Waals surface area contributed by atoms with Gasteiger partial charge in [-0.15, -0.1) is 11.8 Å². The minimum Gasteiger partial charge on any atom is -0.497 e. The molecule has 0 bridgehead atoms. The summed E-state index contributed by atoms with van der Waals surface area (Å²) in [4.78, 5) is 17.1. The van der Waals surface area contributed by atoms with Gasteiger partial charge in [-0.1, -0.05) is 42.0 Å². The lowest BCUT2D eigenvalue weighted by molar-refractivity contribution is -0.119. The third-order valence-corrected chi connectivity index (χ3v) is 5.46. The SMILES string of the molecule is COc1ccc(C(NC(=O)CSCc2cccc(C)c2)c2nccn2C)cc1. The summed E-state index contributed by atoms with van der Waals surface area (Å²) in [6, 6.07) is 15.8. The molecular weight excluding hydrogens is 370 g/mol. The molecule has 0 spiro atoms. The Bertz CT molecular complexity index is 922. The number of aromatic nitrogens is 2. The third kappa shape index (κ3) is 5.16. The minimum atomic E-state index is -0.307. The molecule has 6 heteroatoms. The average molecular weight is 396 g/mol. The molecule has 28 heavy (non-hydrogen) atoms. The van der Waals surface area contributed by atoms with Gasteiger partial charge in [-0.3, -0.25) is 4.79 Å². The molecule has 3 aromatic rings. The fourth-order valence-electron chi connectivity index (χ4n) is 3.01. The highest BCUT2D eigenvalue weighted by molar-refractivity contribution is 7.99. The van der Waals surface area contributed by atoms with E-state index in [1.54, 1.807) is 25.1 Å². The highest BCUT2D eigenvalue weighted by Gasteiger charge is 2.20. The molecule has 0 aliphatic heterocycles. The van der Waals surface area contributed by atoms with Crippen LogP contribution in [-0.4, -0.2) is 28.3 Å². The highest BCUT2D eigenvalue weighted by atomic mass is 32.2. The number of methoxy groups -OCH3 is 1. The molecule has 5 nitrogen and oxygen atoms in total. The van der Waals surface area contributed by atoms with Gasteiger partial charge in [-0.25, -0.2) is 4.98 Å². The Kier molecular flexibility index (Phi) is 6.76. The Labute approximate surface area is 170 Å². The number of hydrogen-bond donors (Lipinski definition) is 1. The summed E-state index contributed by atoms with van der Waals surface area (Å²) in [5.41, 5.74) is 3.43. The monoisotopic (exact) mass is 395 g/mol. The molecule has 0 fully saturated rings. The number of nitrogens with one attached hydrogen (secondary N) is 1. The highest BCUT2D eigenvalue weighted by Crippen LogP contribution is 2.23. The Morgan fingerprint density at radius 2 is 2.04 bits per heavy atom. The zero-order valence-electron chi connectivity index (χ0n) is 16.4. The number of carbonyl (C=O) groups excluding carboxylic acids is 1. The Morgan fingerprint density at radius 1 is 1.25 bits per heavy atom. The molecule has 146 valence electrons. The van der Waals surface area contributed by atoms with Crippen LogP contribution in [0, 0.1) is 6.92 Å². The maximum Gasteiger partial charge on any atom is 0.230 e. The molecule has 2 aromatic carbocycles. The fourth-order valence-corrected chi connectivity index (χ4v) is 3.80. The van der Waals surface area contributed by atoms with Crippen molar-refractivity contribution in [3.63, 3.8) is 0 Å². The van der Waals surface area contributed by atoms with Gasteiger partial charge >= 0.3 is 0 Å². The second kappa shape index (κ2) is 9.46. The van der Waals surface area contributed by atoms with E-state index in [4.69, 9.17) is 4.74 Å². The second-order valence-corrected chi connectivity index (χ2v) is 7.64. The number of thioether (sulfide) groups is 1. The molecule has 1 unspecified atom stereocenters. The van der Waals surface area contributed by atoms with E-state index in [9.17, 15) is 4.79 Å². The van der Waals surface area contributed by atoms with Crippen molar-refractivity contribution in [2.24, 2.45) is 7.05 Å². The van der Waals surface area contributed by atoms with Crippen LogP contribution in [-0.2, 0) is 17.6 Å². The number of benzene rings is 2. The standard InChI is InChI=1S/C22H25N3O2S/c1-16-5-4-6-17(13-16)14-28-15-20(26)24-21(22-23-11-12-25(22)2)18-7-9-19(27-3)10-8-18/h4-13,21H,14-15H2,1-3H3,(H,24,26). The van der Waals surface area contributed by atoms with Crippen LogP contribution in [0.1, 0.15) is 28.6 Å². The Balaban J connectivity index is 1.66. The topological polar surface area (TPSA) is 56.1 Å². The van der Waals surface area contributed by atoms with Crippen LogP contribution in [0.4, 0.5) is 0 Å². The van der Waals surface area contributed by atoms with Crippen LogP contribution in [0.2, 0.25) is 0 Å². The number of hydrogen-bond acceptors (Lipinski definition) is 4. The van der Waals surface area contributed by atoms with E-state index in [1.165, 1.54) is 11.1 Å². The van der Waals surface area contributed by atoms with Gasteiger partial charge in [0.25, 0.3) is 0 Å². The van der Waals surface area contributed by atoms with Crippen LogP contribution in [0.5, 0.6) is 5.75 Å². The van der Waals surface area contributed by atoms with E-state index in [-0.39, 0.29) is 11.9 Å². The summed E-state index contributed by atoms with van der Waals surface area (Å²) in [7, 11) is 3.57. The summed E-state index contributed by atoms with van der Waals surface area (Å²) in [5.74, 6) is 2.77. The number of aryl methyl sites for hydroxylation is 2. The van der Waals surface area contributed by atoms with Crippen molar-refractivity contribution >= 4 is 17.7 Å². The average Bonchev–Trinajstić information content (AvgIpc) is 3.12. The van der Waals surface area contributed by atoms with Gasteiger partial charge in [-0.2, -0.15) is 0 Å². The van der Waals surface area contributed by atoms with Crippen molar-refractivity contribution in [3.8, 4) is 5.75 Å². The van der Waals surface area contributed by atoms with Crippen molar-refractivity contribution in [1.82, 2.24) is 14.9 Å². The van der Waals surface area contributed by atoms with Crippen molar-refractivity contribution < 1.29 is 9.53 Å². The number of carbonyl (C=O) groups is 1. The van der Waals surface area contributed by atoms with Gasteiger partial charge in [0.2, 0.25) is 5.91 Å². The van der Waals surface area contributed by atoms with Crippen molar-refractivity contribution in [3.05, 3.63) is 83.4 Å². The zero-order chi connectivity index (χ0) is 19.9. The molecule has 1 heterocycles. The van der Waals surface area contributed by atoms with E-state index in [0.717, 1.165) is 22.9 Å². The molecular formula is C22H25N3O2S. The molecule has 0 aliphatic rings.